The smallest absolute Gasteiger partial charge is 0.0901 e. The molecule has 0 heterocycles. The van der Waals surface area contributed by atoms with Crippen molar-refractivity contribution in [3.8, 4) is 0 Å². The fourth-order valence-electron chi connectivity index (χ4n) is 2.00. The Labute approximate surface area is 134 Å². The van der Waals surface area contributed by atoms with Crippen molar-refractivity contribution < 1.29 is 0 Å². The van der Waals surface area contributed by atoms with Gasteiger partial charge in [0.15, 0.2) is 4.90 Å². The summed E-state index contributed by atoms with van der Waals surface area (Å²) in [4.78, 5) is 3.95. The van der Waals surface area contributed by atoms with Crippen LogP contribution < -0.4 is 0 Å². The third-order valence-corrected chi connectivity index (χ3v) is 5.30. The molecular formula is C19H17S2+. The Morgan fingerprint density at radius 2 is 1.19 bits per heavy atom. The molecule has 21 heavy (non-hydrogen) atoms. The number of hydrogen-bond acceptors (Lipinski definition) is 1. The van der Waals surface area contributed by atoms with Crippen LogP contribution >= 0.6 is 11.8 Å². The van der Waals surface area contributed by atoms with Gasteiger partial charge >= 0.3 is 0 Å². The summed E-state index contributed by atoms with van der Waals surface area (Å²) in [5, 5.41) is 0. The molecule has 0 saturated carbocycles. The van der Waals surface area contributed by atoms with Crippen molar-refractivity contribution in [3.63, 3.8) is 0 Å². The Bertz CT molecular complexity index is 661. The topological polar surface area (TPSA) is 0 Å². The van der Waals surface area contributed by atoms with E-state index in [9.17, 15) is 0 Å². The maximum atomic E-state index is 2.24. The highest BCUT2D eigenvalue weighted by Gasteiger charge is 2.04. The normalized spacial score (nSPS) is 10.5. The Morgan fingerprint density at radius 3 is 1.86 bits per heavy atom. The molecule has 0 atom stereocenters. The maximum Gasteiger partial charge on any atom is 0.152 e. The molecular weight excluding hydrogens is 292 g/mol. The van der Waals surface area contributed by atoms with E-state index in [0.29, 0.717) is 0 Å². The van der Waals surface area contributed by atoms with Crippen molar-refractivity contribution >= 4 is 23.5 Å². The van der Waals surface area contributed by atoms with Crippen molar-refractivity contribution in [2.75, 3.05) is 0 Å². The van der Waals surface area contributed by atoms with Gasteiger partial charge in [0, 0.05) is 27.1 Å². The molecule has 0 aliphatic heterocycles. The highest BCUT2D eigenvalue weighted by atomic mass is 32.2. The molecule has 3 aromatic carbocycles. The standard InChI is InChI=1S/C19H16S2/c1-3-7-17(8-4-1)20-15-16-11-13-19(14-12-16)21-18-9-5-2-6-10-18/h1-14H,15H2/p+1. The molecule has 0 saturated heterocycles. The lowest BCUT2D eigenvalue weighted by atomic mass is 10.2. The van der Waals surface area contributed by atoms with Crippen molar-refractivity contribution in [3.05, 3.63) is 90.5 Å². The minimum absolute atomic E-state index is 1.07. The first-order chi connectivity index (χ1) is 10.4. The van der Waals surface area contributed by atoms with Gasteiger partial charge in [0.2, 0.25) is 0 Å². The quantitative estimate of drug-likeness (QED) is 0.460. The summed E-state index contributed by atoms with van der Waals surface area (Å²) in [6, 6.07) is 30.0. The van der Waals surface area contributed by atoms with Gasteiger partial charge in [-0.15, -0.1) is 0 Å². The molecule has 104 valence electrons. The van der Waals surface area contributed by atoms with Crippen LogP contribution in [0.4, 0.5) is 0 Å². The molecule has 0 nitrogen and oxygen atoms in total. The van der Waals surface area contributed by atoms with E-state index in [4.69, 9.17) is 0 Å². The minimum atomic E-state index is 1.07. The van der Waals surface area contributed by atoms with E-state index < -0.39 is 0 Å². The zero-order valence-electron chi connectivity index (χ0n) is 11.6. The van der Waals surface area contributed by atoms with Gasteiger partial charge in [-0.25, -0.2) is 0 Å². The number of thiol groups is 1. The van der Waals surface area contributed by atoms with E-state index in [2.05, 4.69) is 84.9 Å². The summed E-state index contributed by atoms with van der Waals surface area (Å²) in [5.74, 6) is 1.07. The fourth-order valence-corrected chi connectivity index (χ4v) is 3.80. The Balaban J connectivity index is 1.59. The summed E-state index contributed by atoms with van der Waals surface area (Å²) >= 11 is 3.17. The molecule has 0 amide bonds. The molecule has 0 unspecified atom stereocenters. The SMILES string of the molecule is c1ccc(Sc2ccc(C[SH+]c3ccccc3)cc2)cc1. The van der Waals surface area contributed by atoms with E-state index in [0.717, 1.165) is 5.75 Å². The first kappa shape index (κ1) is 14.3. The Morgan fingerprint density at radius 1 is 0.619 bits per heavy atom. The fraction of sp³-hybridized carbons (Fsp3) is 0.0526. The predicted octanol–water partition coefficient (Wildman–Crippen LogP) is 5.21. The zero-order valence-corrected chi connectivity index (χ0v) is 13.4. The van der Waals surface area contributed by atoms with Crippen molar-refractivity contribution in [1.82, 2.24) is 0 Å². The number of hydrogen-bond donors (Lipinski definition) is 0. The molecule has 0 radical (unpaired) electrons. The van der Waals surface area contributed by atoms with E-state index in [1.54, 1.807) is 0 Å². The molecule has 0 bridgehead atoms. The maximum absolute atomic E-state index is 2.24. The molecule has 0 N–H and O–H groups in total. The van der Waals surface area contributed by atoms with Gasteiger partial charge < -0.3 is 0 Å². The molecule has 3 rings (SSSR count). The van der Waals surface area contributed by atoms with Crippen molar-refractivity contribution in [1.29, 1.82) is 0 Å². The van der Waals surface area contributed by atoms with Crippen LogP contribution in [0, 0.1) is 0 Å². The highest BCUT2D eigenvalue weighted by Crippen LogP contribution is 2.27. The first-order valence-corrected chi connectivity index (χ1v) is 8.84. The lowest BCUT2D eigenvalue weighted by Crippen LogP contribution is -1.89. The van der Waals surface area contributed by atoms with Crippen LogP contribution in [0.2, 0.25) is 0 Å². The van der Waals surface area contributed by atoms with Crippen molar-refractivity contribution in [2.45, 2.75) is 20.4 Å². The Hall–Kier alpha value is -1.64. The van der Waals surface area contributed by atoms with E-state index in [-0.39, 0.29) is 0 Å². The van der Waals surface area contributed by atoms with Gasteiger partial charge in [0.25, 0.3) is 0 Å². The first-order valence-electron chi connectivity index (χ1n) is 6.94. The van der Waals surface area contributed by atoms with Crippen LogP contribution in [-0.2, 0) is 17.5 Å². The van der Waals surface area contributed by atoms with Crippen molar-refractivity contribution in [2.24, 2.45) is 0 Å². The number of benzene rings is 3. The van der Waals surface area contributed by atoms with E-state index in [1.807, 2.05) is 11.8 Å². The zero-order chi connectivity index (χ0) is 14.3. The van der Waals surface area contributed by atoms with Crippen LogP contribution in [0.25, 0.3) is 0 Å². The van der Waals surface area contributed by atoms with Gasteiger partial charge in [0.1, 0.15) is 5.75 Å². The van der Waals surface area contributed by atoms with E-state index >= 15 is 0 Å². The summed E-state index contributed by atoms with van der Waals surface area (Å²) in [7, 11) is 0. The van der Waals surface area contributed by atoms with Crippen LogP contribution in [0.1, 0.15) is 5.56 Å². The molecule has 3 aromatic rings. The van der Waals surface area contributed by atoms with Gasteiger partial charge in [-0.05, 0) is 36.4 Å². The predicted molar refractivity (Wildman–Crippen MR) is 94.2 cm³/mol. The molecule has 0 aromatic heterocycles. The molecule has 2 heteroatoms. The lowest BCUT2D eigenvalue weighted by molar-refractivity contribution is 1.32. The lowest BCUT2D eigenvalue weighted by Gasteiger charge is -2.02. The second kappa shape index (κ2) is 7.39. The summed E-state index contributed by atoms with van der Waals surface area (Å²) < 4.78 is 0. The van der Waals surface area contributed by atoms with Crippen LogP contribution in [0.5, 0.6) is 0 Å². The summed E-state index contributed by atoms with van der Waals surface area (Å²) in [6.45, 7) is 0. The summed E-state index contributed by atoms with van der Waals surface area (Å²) in [6.07, 6.45) is 0. The average molecular weight is 309 g/mol. The highest BCUT2D eigenvalue weighted by molar-refractivity contribution is 7.99. The second-order valence-electron chi connectivity index (χ2n) is 4.71. The van der Waals surface area contributed by atoms with Crippen LogP contribution in [0.15, 0.2) is 99.6 Å². The molecule has 0 aliphatic carbocycles. The molecule has 0 aliphatic rings. The molecule has 0 spiro atoms. The van der Waals surface area contributed by atoms with Crippen LogP contribution in [0.3, 0.4) is 0 Å². The van der Waals surface area contributed by atoms with Gasteiger partial charge in [-0.2, -0.15) is 0 Å². The van der Waals surface area contributed by atoms with Gasteiger partial charge in [0.05, 0.1) is 0 Å². The second-order valence-corrected chi connectivity index (χ2v) is 7.01. The van der Waals surface area contributed by atoms with Crippen LogP contribution in [-0.4, -0.2) is 0 Å². The largest absolute Gasteiger partial charge is 0.152 e. The number of rotatable bonds is 5. The Kier molecular flexibility index (Phi) is 5.03. The third-order valence-electron chi connectivity index (χ3n) is 3.10. The van der Waals surface area contributed by atoms with Gasteiger partial charge in [-0.1, -0.05) is 60.3 Å². The third kappa shape index (κ3) is 4.42. The van der Waals surface area contributed by atoms with Gasteiger partial charge in [-0.3, -0.25) is 0 Å². The molecule has 0 fully saturated rings. The minimum Gasteiger partial charge on any atom is -0.0901 e. The monoisotopic (exact) mass is 309 g/mol. The summed E-state index contributed by atoms with van der Waals surface area (Å²) in [5.41, 5.74) is 1.39. The average Bonchev–Trinajstić information content (AvgIpc) is 2.56. The van der Waals surface area contributed by atoms with E-state index in [1.165, 1.54) is 32.0 Å².